The van der Waals surface area contributed by atoms with Gasteiger partial charge in [0.2, 0.25) is 21.8 Å². The smallest absolute Gasteiger partial charge is 0.244 e. The van der Waals surface area contributed by atoms with Crippen LogP contribution in [0.4, 0.5) is 5.69 Å². The minimum atomic E-state index is -3.91. The van der Waals surface area contributed by atoms with E-state index in [1.54, 1.807) is 25.1 Å². The Balaban J connectivity index is 1.98. The van der Waals surface area contributed by atoms with Crippen molar-refractivity contribution < 1.29 is 22.7 Å². The second kappa shape index (κ2) is 13.2. The number of carbonyl (C=O) groups excluding carboxylic acids is 2. The van der Waals surface area contributed by atoms with Gasteiger partial charge >= 0.3 is 0 Å². The van der Waals surface area contributed by atoms with Crippen molar-refractivity contribution >= 4 is 62.3 Å². The zero-order chi connectivity index (χ0) is 28.0. The Labute approximate surface area is 239 Å². The Morgan fingerprint density at radius 3 is 2.24 bits per heavy atom. The number of rotatable bonds is 11. The number of hydrogen-bond donors (Lipinski definition) is 1. The van der Waals surface area contributed by atoms with Gasteiger partial charge in [-0.15, -0.1) is 0 Å². The molecule has 3 rings (SSSR count). The number of anilines is 1. The van der Waals surface area contributed by atoms with Gasteiger partial charge in [-0.3, -0.25) is 13.9 Å². The Hall–Kier alpha value is -2.20. The first-order chi connectivity index (χ1) is 18.0. The lowest BCUT2D eigenvalue weighted by Gasteiger charge is -2.33. The van der Waals surface area contributed by atoms with E-state index < -0.39 is 28.5 Å². The molecular formula is C26H32Cl3N3O5S. The molecule has 0 bridgehead atoms. The van der Waals surface area contributed by atoms with E-state index in [1.807, 2.05) is 0 Å². The highest BCUT2D eigenvalue weighted by Crippen LogP contribution is 2.31. The zero-order valence-corrected chi connectivity index (χ0v) is 24.6. The maximum Gasteiger partial charge on any atom is 0.244 e. The highest BCUT2D eigenvalue weighted by molar-refractivity contribution is 7.92. The number of methoxy groups -OCH3 is 1. The molecule has 2 aromatic carbocycles. The van der Waals surface area contributed by atoms with Gasteiger partial charge in [0.1, 0.15) is 18.3 Å². The molecule has 2 amide bonds. The van der Waals surface area contributed by atoms with E-state index in [0.29, 0.717) is 27.8 Å². The molecule has 2 aromatic rings. The number of amides is 2. The van der Waals surface area contributed by atoms with Crippen LogP contribution in [0.5, 0.6) is 5.75 Å². The minimum absolute atomic E-state index is 0.0476. The molecule has 38 heavy (non-hydrogen) atoms. The van der Waals surface area contributed by atoms with Crippen LogP contribution in [0.25, 0.3) is 0 Å². The van der Waals surface area contributed by atoms with Gasteiger partial charge in [-0.1, -0.05) is 60.6 Å². The first-order valence-electron chi connectivity index (χ1n) is 12.3. The van der Waals surface area contributed by atoms with Crippen molar-refractivity contribution in [3.63, 3.8) is 0 Å². The van der Waals surface area contributed by atoms with Gasteiger partial charge in [0.15, 0.2) is 0 Å². The number of halogens is 3. The van der Waals surface area contributed by atoms with Crippen molar-refractivity contribution in [3.05, 3.63) is 57.0 Å². The Morgan fingerprint density at radius 1 is 1.08 bits per heavy atom. The van der Waals surface area contributed by atoms with Crippen molar-refractivity contribution in [2.45, 2.75) is 57.7 Å². The summed E-state index contributed by atoms with van der Waals surface area (Å²) in [5, 5.41) is 3.91. The second-order valence-corrected chi connectivity index (χ2v) is 12.4. The molecular weight excluding hydrogens is 573 g/mol. The second-order valence-electron chi connectivity index (χ2n) is 9.22. The molecule has 0 radical (unpaired) electrons. The molecule has 0 aliphatic heterocycles. The van der Waals surface area contributed by atoms with Crippen LogP contribution >= 0.6 is 34.8 Å². The highest BCUT2D eigenvalue weighted by Gasteiger charge is 2.33. The van der Waals surface area contributed by atoms with Gasteiger partial charge in [0.05, 0.1) is 24.1 Å². The lowest BCUT2D eigenvalue weighted by Crippen LogP contribution is -2.53. The fourth-order valence-electron chi connectivity index (χ4n) is 4.56. The standard InChI is InChI=1S/C26H32Cl3N3O5S/c1-4-23(26(34)30-17-8-5-6-9-17)31(15-19-20(27)10-7-11-21(19)28)25(33)16-32(38(3,35)36)18-12-13-24(37-2)22(29)14-18/h7,10-14,17,23H,4-6,8-9,15-16H2,1-3H3,(H,30,34)/t23-/m0/s1. The molecule has 1 saturated carbocycles. The van der Waals surface area contributed by atoms with E-state index in [0.717, 1.165) is 36.2 Å². The lowest BCUT2D eigenvalue weighted by atomic mass is 10.1. The summed E-state index contributed by atoms with van der Waals surface area (Å²) in [6.45, 7) is 1.16. The predicted molar refractivity (Wildman–Crippen MR) is 152 cm³/mol. The van der Waals surface area contributed by atoms with E-state index in [1.165, 1.54) is 30.2 Å². The molecule has 1 aliphatic rings. The van der Waals surface area contributed by atoms with Crippen LogP contribution in [-0.2, 0) is 26.2 Å². The summed E-state index contributed by atoms with van der Waals surface area (Å²) in [7, 11) is -2.47. The summed E-state index contributed by atoms with van der Waals surface area (Å²) in [6.07, 6.45) is 5.14. The average Bonchev–Trinajstić information content (AvgIpc) is 3.36. The van der Waals surface area contributed by atoms with Gasteiger partial charge in [-0.2, -0.15) is 0 Å². The number of ether oxygens (including phenoxy) is 1. The molecule has 0 saturated heterocycles. The van der Waals surface area contributed by atoms with Crippen LogP contribution in [0, 0.1) is 0 Å². The van der Waals surface area contributed by atoms with Crippen molar-refractivity contribution in [2.75, 3.05) is 24.2 Å². The highest BCUT2D eigenvalue weighted by atomic mass is 35.5. The zero-order valence-electron chi connectivity index (χ0n) is 21.5. The van der Waals surface area contributed by atoms with Gasteiger partial charge in [0.25, 0.3) is 0 Å². The maximum absolute atomic E-state index is 13.8. The quantitative estimate of drug-likeness (QED) is 0.376. The first-order valence-corrected chi connectivity index (χ1v) is 15.3. The third-order valence-corrected chi connectivity index (χ3v) is 8.72. The molecule has 1 fully saturated rings. The van der Waals surface area contributed by atoms with Gasteiger partial charge in [-0.25, -0.2) is 8.42 Å². The summed E-state index contributed by atoms with van der Waals surface area (Å²) in [4.78, 5) is 28.6. The average molecular weight is 605 g/mol. The third kappa shape index (κ3) is 7.46. The Morgan fingerprint density at radius 2 is 1.71 bits per heavy atom. The van der Waals surface area contributed by atoms with Crippen LogP contribution in [0.3, 0.4) is 0 Å². The normalized spacial score (nSPS) is 14.7. The van der Waals surface area contributed by atoms with Crippen molar-refractivity contribution in [2.24, 2.45) is 0 Å². The molecule has 8 nitrogen and oxygen atoms in total. The monoisotopic (exact) mass is 603 g/mol. The summed E-state index contributed by atoms with van der Waals surface area (Å²) in [5.41, 5.74) is 0.653. The lowest BCUT2D eigenvalue weighted by molar-refractivity contribution is -0.140. The number of sulfonamides is 1. The maximum atomic E-state index is 13.8. The SMILES string of the molecule is CC[C@@H](C(=O)NC1CCCC1)N(Cc1c(Cl)cccc1Cl)C(=O)CN(c1ccc(OC)c(Cl)c1)S(C)(=O)=O. The minimum Gasteiger partial charge on any atom is -0.495 e. The van der Waals surface area contributed by atoms with Gasteiger partial charge < -0.3 is 15.0 Å². The van der Waals surface area contributed by atoms with Crippen LogP contribution in [0.2, 0.25) is 15.1 Å². The number of benzene rings is 2. The molecule has 0 spiro atoms. The van der Waals surface area contributed by atoms with E-state index in [2.05, 4.69) is 5.32 Å². The molecule has 0 unspecified atom stereocenters. The predicted octanol–water partition coefficient (Wildman–Crippen LogP) is 5.29. The first kappa shape index (κ1) is 30.3. The summed E-state index contributed by atoms with van der Waals surface area (Å²) >= 11 is 19.1. The van der Waals surface area contributed by atoms with Crippen molar-refractivity contribution in [3.8, 4) is 5.75 Å². The topological polar surface area (TPSA) is 96.0 Å². The molecule has 1 aliphatic carbocycles. The van der Waals surface area contributed by atoms with Crippen molar-refractivity contribution in [1.29, 1.82) is 0 Å². The largest absolute Gasteiger partial charge is 0.495 e. The summed E-state index contributed by atoms with van der Waals surface area (Å²) < 4.78 is 31.7. The molecule has 0 aromatic heterocycles. The fraction of sp³-hybridized carbons (Fsp3) is 0.462. The van der Waals surface area contributed by atoms with E-state index in [-0.39, 0.29) is 29.2 Å². The van der Waals surface area contributed by atoms with Crippen LogP contribution in [-0.4, -0.2) is 57.1 Å². The summed E-state index contributed by atoms with van der Waals surface area (Å²) in [6, 6.07) is 8.59. The van der Waals surface area contributed by atoms with E-state index in [4.69, 9.17) is 39.5 Å². The summed E-state index contributed by atoms with van der Waals surface area (Å²) in [5.74, 6) is -0.527. The van der Waals surface area contributed by atoms with Crippen LogP contribution < -0.4 is 14.4 Å². The fourth-order valence-corrected chi connectivity index (χ4v) is 6.18. The third-order valence-electron chi connectivity index (χ3n) is 6.58. The number of nitrogens with one attached hydrogen (secondary N) is 1. The molecule has 208 valence electrons. The van der Waals surface area contributed by atoms with Crippen molar-refractivity contribution in [1.82, 2.24) is 10.2 Å². The number of carbonyl (C=O) groups is 2. The van der Waals surface area contributed by atoms with Crippen LogP contribution in [0.1, 0.15) is 44.6 Å². The Kier molecular flexibility index (Phi) is 10.6. The molecule has 1 atom stereocenters. The number of nitrogens with zero attached hydrogens (tertiary/aromatic N) is 2. The van der Waals surface area contributed by atoms with E-state index in [9.17, 15) is 18.0 Å². The van der Waals surface area contributed by atoms with Gasteiger partial charge in [0, 0.05) is 28.2 Å². The molecule has 0 heterocycles. The Bertz CT molecular complexity index is 1250. The number of hydrogen-bond acceptors (Lipinski definition) is 5. The molecule has 12 heteroatoms. The van der Waals surface area contributed by atoms with Gasteiger partial charge in [-0.05, 0) is 49.6 Å². The van der Waals surface area contributed by atoms with E-state index >= 15 is 0 Å². The molecule has 1 N–H and O–H groups in total. The van der Waals surface area contributed by atoms with Crippen LogP contribution in [0.15, 0.2) is 36.4 Å².